The normalized spacial score (nSPS) is 15.1. The lowest BCUT2D eigenvalue weighted by Gasteiger charge is -2.26. The molecule has 0 bridgehead atoms. The van der Waals surface area contributed by atoms with E-state index in [-0.39, 0.29) is 5.57 Å². The van der Waals surface area contributed by atoms with E-state index in [9.17, 15) is 14.4 Å². The first kappa shape index (κ1) is 22.5. The highest BCUT2D eigenvalue weighted by atomic mass is 16.2. The van der Waals surface area contributed by atoms with Crippen molar-refractivity contribution in [3.8, 4) is 0 Å². The Morgan fingerprint density at radius 3 is 2.35 bits per heavy atom. The average Bonchev–Trinajstić information content (AvgIpc) is 3.24. The number of amides is 4. The van der Waals surface area contributed by atoms with Gasteiger partial charge in [0.15, 0.2) is 0 Å². The molecule has 1 N–H and O–H groups in total. The van der Waals surface area contributed by atoms with Gasteiger partial charge in [0.25, 0.3) is 11.8 Å². The second kappa shape index (κ2) is 8.91. The van der Waals surface area contributed by atoms with Gasteiger partial charge in [-0.3, -0.25) is 14.9 Å². The van der Waals surface area contributed by atoms with E-state index >= 15 is 0 Å². The van der Waals surface area contributed by atoms with Gasteiger partial charge in [-0.15, -0.1) is 0 Å². The minimum atomic E-state index is -0.755. The standard InChI is InChI=1S/C31H23N3O3/c1-20-10-14-25(15-11-20)34-30(36)27(29(35)32-31(34)37)17-24-19-33(28-9-5-4-8-26(24)28)18-21-12-13-22-6-2-3-7-23(22)16-21/h2-17,19H,18H2,1H3,(H,32,35,37)/b27-17+. The molecule has 180 valence electrons. The maximum absolute atomic E-state index is 13.4. The second-order valence-corrected chi connectivity index (χ2v) is 9.20. The number of imide groups is 2. The Morgan fingerprint density at radius 2 is 1.54 bits per heavy atom. The fraction of sp³-hybridized carbons (Fsp3) is 0.0645. The van der Waals surface area contributed by atoms with Crippen molar-refractivity contribution in [3.05, 3.63) is 119 Å². The van der Waals surface area contributed by atoms with Crippen LogP contribution in [0.3, 0.4) is 0 Å². The van der Waals surface area contributed by atoms with Crippen molar-refractivity contribution in [1.82, 2.24) is 9.88 Å². The summed E-state index contributed by atoms with van der Waals surface area (Å²) in [6.07, 6.45) is 3.52. The number of aromatic nitrogens is 1. The molecular weight excluding hydrogens is 462 g/mol. The molecule has 6 heteroatoms. The van der Waals surface area contributed by atoms with E-state index < -0.39 is 17.8 Å². The number of barbiturate groups is 1. The quantitative estimate of drug-likeness (QED) is 0.258. The number of anilines is 1. The third-order valence-corrected chi connectivity index (χ3v) is 6.68. The number of para-hydroxylation sites is 1. The topological polar surface area (TPSA) is 71.4 Å². The summed E-state index contributed by atoms with van der Waals surface area (Å²) in [6.45, 7) is 2.55. The van der Waals surface area contributed by atoms with Gasteiger partial charge in [0.1, 0.15) is 5.57 Å². The molecule has 0 aliphatic carbocycles. The number of fused-ring (bicyclic) bond motifs is 2. The van der Waals surface area contributed by atoms with Gasteiger partial charge in [0, 0.05) is 29.2 Å². The van der Waals surface area contributed by atoms with Gasteiger partial charge in [-0.1, -0.05) is 72.3 Å². The summed E-state index contributed by atoms with van der Waals surface area (Å²) >= 11 is 0. The zero-order chi connectivity index (χ0) is 25.5. The summed E-state index contributed by atoms with van der Waals surface area (Å²) in [4.78, 5) is 39.7. The largest absolute Gasteiger partial charge is 0.342 e. The third-order valence-electron chi connectivity index (χ3n) is 6.68. The number of nitrogens with zero attached hydrogens (tertiary/aromatic N) is 2. The molecular formula is C31H23N3O3. The highest BCUT2D eigenvalue weighted by Gasteiger charge is 2.37. The molecule has 0 radical (unpaired) electrons. The summed E-state index contributed by atoms with van der Waals surface area (Å²) < 4.78 is 2.11. The Labute approximate surface area is 213 Å². The van der Waals surface area contributed by atoms with Gasteiger partial charge in [-0.2, -0.15) is 0 Å². The third kappa shape index (κ3) is 4.08. The number of aryl methyl sites for hydroxylation is 1. The van der Waals surface area contributed by atoms with E-state index in [4.69, 9.17) is 0 Å². The van der Waals surface area contributed by atoms with Crippen molar-refractivity contribution in [3.63, 3.8) is 0 Å². The molecule has 4 aromatic carbocycles. The molecule has 6 rings (SSSR count). The molecule has 6 nitrogen and oxygen atoms in total. The summed E-state index contributed by atoms with van der Waals surface area (Å²) in [5.74, 6) is -1.35. The number of carbonyl (C=O) groups excluding carboxylic acids is 3. The van der Waals surface area contributed by atoms with Gasteiger partial charge < -0.3 is 4.57 Å². The lowest BCUT2D eigenvalue weighted by molar-refractivity contribution is -0.122. The van der Waals surface area contributed by atoms with Crippen molar-refractivity contribution in [2.24, 2.45) is 0 Å². The van der Waals surface area contributed by atoms with Crippen LogP contribution in [0.5, 0.6) is 0 Å². The fourth-order valence-electron chi connectivity index (χ4n) is 4.80. The molecule has 0 spiro atoms. The molecule has 0 unspecified atom stereocenters. The molecule has 0 atom stereocenters. The van der Waals surface area contributed by atoms with E-state index in [1.165, 1.54) is 10.8 Å². The molecule has 1 aliphatic rings. The van der Waals surface area contributed by atoms with Crippen LogP contribution in [0.4, 0.5) is 10.5 Å². The van der Waals surface area contributed by atoms with Crippen LogP contribution in [0.25, 0.3) is 27.8 Å². The van der Waals surface area contributed by atoms with Crippen molar-refractivity contribution in [2.45, 2.75) is 13.5 Å². The number of hydrogen-bond acceptors (Lipinski definition) is 3. The zero-order valence-corrected chi connectivity index (χ0v) is 20.1. The molecule has 37 heavy (non-hydrogen) atoms. The molecule has 1 fully saturated rings. The van der Waals surface area contributed by atoms with E-state index in [2.05, 4.69) is 40.2 Å². The smallest absolute Gasteiger partial charge is 0.335 e. The molecule has 0 saturated carbocycles. The van der Waals surface area contributed by atoms with Gasteiger partial charge in [-0.25, -0.2) is 9.69 Å². The van der Waals surface area contributed by atoms with Gasteiger partial charge in [0.05, 0.1) is 5.69 Å². The van der Waals surface area contributed by atoms with Crippen LogP contribution in [0.15, 0.2) is 103 Å². The first-order valence-corrected chi connectivity index (χ1v) is 12.0. The first-order chi connectivity index (χ1) is 18.0. The lowest BCUT2D eigenvalue weighted by Crippen LogP contribution is -2.54. The van der Waals surface area contributed by atoms with Crippen LogP contribution in [0.1, 0.15) is 16.7 Å². The van der Waals surface area contributed by atoms with E-state index in [0.29, 0.717) is 12.2 Å². The van der Waals surface area contributed by atoms with Crippen LogP contribution in [0, 0.1) is 6.92 Å². The highest BCUT2D eigenvalue weighted by molar-refractivity contribution is 6.39. The highest BCUT2D eigenvalue weighted by Crippen LogP contribution is 2.28. The summed E-state index contributed by atoms with van der Waals surface area (Å²) in [5.41, 5.74) is 4.17. The predicted octanol–water partition coefficient (Wildman–Crippen LogP) is 5.82. The minimum Gasteiger partial charge on any atom is -0.342 e. The molecule has 2 heterocycles. The van der Waals surface area contributed by atoms with E-state index in [0.717, 1.165) is 32.5 Å². The van der Waals surface area contributed by atoms with Crippen molar-refractivity contribution in [1.29, 1.82) is 0 Å². The predicted molar refractivity (Wildman–Crippen MR) is 145 cm³/mol. The molecule has 5 aromatic rings. The summed E-state index contributed by atoms with van der Waals surface area (Å²) in [6, 6.07) is 28.8. The average molecular weight is 486 g/mol. The van der Waals surface area contributed by atoms with E-state index in [1.807, 2.05) is 61.7 Å². The van der Waals surface area contributed by atoms with Gasteiger partial charge in [0.2, 0.25) is 0 Å². The van der Waals surface area contributed by atoms with Crippen molar-refractivity contribution in [2.75, 3.05) is 4.90 Å². The van der Waals surface area contributed by atoms with Crippen molar-refractivity contribution >= 4 is 51.3 Å². The van der Waals surface area contributed by atoms with Gasteiger partial charge in [-0.05, 0) is 53.6 Å². The monoisotopic (exact) mass is 485 g/mol. The number of nitrogens with one attached hydrogen (secondary N) is 1. The second-order valence-electron chi connectivity index (χ2n) is 9.20. The maximum atomic E-state index is 13.4. The Kier molecular flexibility index (Phi) is 5.42. The first-order valence-electron chi connectivity index (χ1n) is 12.0. The lowest BCUT2D eigenvalue weighted by atomic mass is 10.1. The zero-order valence-electron chi connectivity index (χ0n) is 20.1. The molecule has 1 aromatic heterocycles. The number of benzene rings is 4. The molecule has 1 aliphatic heterocycles. The van der Waals surface area contributed by atoms with Gasteiger partial charge >= 0.3 is 6.03 Å². The Balaban J connectivity index is 1.40. The van der Waals surface area contributed by atoms with Crippen LogP contribution in [-0.4, -0.2) is 22.4 Å². The number of carbonyl (C=O) groups is 3. The van der Waals surface area contributed by atoms with Crippen LogP contribution in [0.2, 0.25) is 0 Å². The van der Waals surface area contributed by atoms with Crippen LogP contribution in [-0.2, 0) is 16.1 Å². The molecule has 4 amide bonds. The van der Waals surface area contributed by atoms with Crippen LogP contribution < -0.4 is 10.2 Å². The number of urea groups is 1. The summed E-state index contributed by atoms with van der Waals surface area (Å²) in [5, 5.41) is 5.57. The summed E-state index contributed by atoms with van der Waals surface area (Å²) in [7, 11) is 0. The molecule has 1 saturated heterocycles. The number of hydrogen-bond donors (Lipinski definition) is 1. The van der Waals surface area contributed by atoms with Crippen molar-refractivity contribution < 1.29 is 14.4 Å². The Morgan fingerprint density at radius 1 is 0.811 bits per heavy atom. The Bertz CT molecular complexity index is 1750. The maximum Gasteiger partial charge on any atom is 0.335 e. The van der Waals surface area contributed by atoms with Crippen LogP contribution >= 0.6 is 0 Å². The SMILES string of the molecule is Cc1ccc(N2C(=O)NC(=O)/C(=C\c3cn(Cc4ccc5ccccc5c4)c4ccccc34)C2=O)cc1. The number of rotatable bonds is 4. The minimum absolute atomic E-state index is 0.0891. The van der Waals surface area contributed by atoms with E-state index in [1.54, 1.807) is 18.2 Å². The fourth-order valence-corrected chi connectivity index (χ4v) is 4.80. The Hall–Kier alpha value is -4.97.